The minimum Gasteiger partial charge on any atom is -0.497 e. The molecule has 1 unspecified atom stereocenters. The predicted molar refractivity (Wildman–Crippen MR) is 125 cm³/mol. The lowest BCUT2D eigenvalue weighted by molar-refractivity contribution is -0.192. The highest BCUT2D eigenvalue weighted by Gasteiger charge is 2.44. The number of aliphatic carboxylic acids is 1. The first-order valence-corrected chi connectivity index (χ1v) is 11.4. The van der Waals surface area contributed by atoms with Crippen molar-refractivity contribution in [3.05, 3.63) is 59.8 Å². The Balaban J connectivity index is 0.000000364. The third-order valence-corrected chi connectivity index (χ3v) is 6.44. The summed E-state index contributed by atoms with van der Waals surface area (Å²) in [6.07, 6.45) is -2.89. The van der Waals surface area contributed by atoms with Crippen molar-refractivity contribution in [1.82, 2.24) is 15.2 Å². The van der Waals surface area contributed by atoms with Crippen molar-refractivity contribution in [1.29, 1.82) is 0 Å². The summed E-state index contributed by atoms with van der Waals surface area (Å²) in [5.41, 5.74) is 4.04. The maximum atomic E-state index is 10.6. The molecule has 35 heavy (non-hydrogen) atoms. The minimum absolute atomic E-state index is 0.0204. The summed E-state index contributed by atoms with van der Waals surface area (Å²) in [6, 6.07) is 16.4. The lowest BCUT2D eigenvalue weighted by Gasteiger charge is -2.35. The normalized spacial score (nSPS) is 19.8. The second-order valence-electron chi connectivity index (χ2n) is 8.64. The molecule has 1 atom stereocenters. The molecule has 0 aliphatic carbocycles. The van der Waals surface area contributed by atoms with Crippen molar-refractivity contribution in [3.63, 3.8) is 0 Å². The summed E-state index contributed by atoms with van der Waals surface area (Å²) in [7, 11) is 1.72. The predicted octanol–water partition coefficient (Wildman–Crippen LogP) is 3.94. The van der Waals surface area contributed by atoms with Crippen molar-refractivity contribution in [2.45, 2.75) is 24.6 Å². The van der Waals surface area contributed by atoms with Crippen LogP contribution in [0.1, 0.15) is 17.7 Å². The first-order chi connectivity index (χ1) is 16.7. The summed E-state index contributed by atoms with van der Waals surface area (Å²) in [4.78, 5) is 15.1. The van der Waals surface area contributed by atoms with Gasteiger partial charge in [0.2, 0.25) is 0 Å². The van der Waals surface area contributed by atoms with Crippen LogP contribution in [-0.4, -0.2) is 67.0 Å². The molecule has 1 aromatic heterocycles. The smallest absolute Gasteiger partial charge is 0.490 e. The van der Waals surface area contributed by atoms with Gasteiger partial charge in [0.05, 0.1) is 12.6 Å². The van der Waals surface area contributed by atoms with Gasteiger partial charge in [-0.1, -0.05) is 18.2 Å². The molecule has 2 aliphatic rings. The Kier molecular flexibility index (Phi) is 7.23. The van der Waals surface area contributed by atoms with Gasteiger partial charge in [0.25, 0.3) is 0 Å². The zero-order valence-corrected chi connectivity index (χ0v) is 19.3. The molecule has 2 aromatic carbocycles. The molecule has 1 saturated heterocycles. The van der Waals surface area contributed by atoms with E-state index in [1.165, 1.54) is 22.2 Å². The third-order valence-electron chi connectivity index (χ3n) is 6.44. The molecule has 1 fully saturated rings. The van der Waals surface area contributed by atoms with Crippen molar-refractivity contribution in [2.24, 2.45) is 0 Å². The number of nitrogens with one attached hydrogen (secondary N) is 2. The number of hydrogen-bond donors (Lipinski definition) is 3. The van der Waals surface area contributed by atoms with Crippen LogP contribution >= 0.6 is 0 Å². The van der Waals surface area contributed by atoms with E-state index in [0.717, 1.165) is 57.1 Å². The van der Waals surface area contributed by atoms with Crippen LogP contribution in [0.2, 0.25) is 0 Å². The number of H-pyrrole nitrogens is 1. The molecule has 7 nitrogen and oxygen atoms in total. The highest BCUT2D eigenvalue weighted by molar-refractivity contribution is 5.86. The lowest BCUT2D eigenvalue weighted by Crippen LogP contribution is -2.49. The van der Waals surface area contributed by atoms with E-state index in [1.54, 1.807) is 7.11 Å². The number of carboxylic acid groups (broad SMARTS) is 1. The second-order valence-corrected chi connectivity index (χ2v) is 8.64. The van der Waals surface area contributed by atoms with Gasteiger partial charge in [0.1, 0.15) is 18.1 Å². The Morgan fingerprint density at radius 1 is 1.17 bits per heavy atom. The Hall–Kier alpha value is -3.24. The van der Waals surface area contributed by atoms with E-state index in [2.05, 4.69) is 33.4 Å². The van der Waals surface area contributed by atoms with Gasteiger partial charge in [0.15, 0.2) is 0 Å². The molecule has 3 heterocycles. The maximum Gasteiger partial charge on any atom is 0.490 e. The van der Waals surface area contributed by atoms with E-state index in [4.69, 9.17) is 19.4 Å². The average Bonchev–Trinajstić information content (AvgIpc) is 3.42. The number of methoxy groups -OCH3 is 1. The van der Waals surface area contributed by atoms with Gasteiger partial charge in [-0.15, -0.1) is 0 Å². The van der Waals surface area contributed by atoms with Crippen molar-refractivity contribution < 1.29 is 32.5 Å². The number of ether oxygens (including phenoxy) is 2. The number of para-hydroxylation sites is 1. The van der Waals surface area contributed by atoms with Crippen LogP contribution in [0.3, 0.4) is 0 Å². The van der Waals surface area contributed by atoms with E-state index >= 15 is 0 Å². The number of likely N-dealkylation sites (tertiary alicyclic amines) is 1. The topological polar surface area (TPSA) is 86.8 Å². The summed E-state index contributed by atoms with van der Waals surface area (Å²) >= 11 is 0. The molecule has 3 N–H and O–H groups in total. The second kappa shape index (κ2) is 10.2. The molecule has 0 amide bonds. The standard InChI is InChI=1S/C23H27N3O2.C2HF3O2/c1-27-18-7-8-19-20-9-11-24-23(22(20)25-21(19)15-18)10-12-26(16-23)13-14-28-17-5-3-2-4-6-17;3-2(4,5)1(6)7/h2-8,15,24-25H,9-14,16H2,1H3;(H,6,7). The number of benzene rings is 2. The number of aromatic nitrogens is 1. The van der Waals surface area contributed by atoms with Crippen LogP contribution < -0.4 is 14.8 Å². The largest absolute Gasteiger partial charge is 0.497 e. The fourth-order valence-corrected chi connectivity index (χ4v) is 4.78. The zero-order valence-electron chi connectivity index (χ0n) is 19.3. The molecular weight excluding hydrogens is 463 g/mol. The molecule has 0 saturated carbocycles. The van der Waals surface area contributed by atoms with Crippen LogP contribution in [0.5, 0.6) is 11.5 Å². The number of carbonyl (C=O) groups is 1. The molecule has 0 bridgehead atoms. The summed E-state index contributed by atoms with van der Waals surface area (Å²) in [6.45, 7) is 4.80. The molecule has 188 valence electrons. The van der Waals surface area contributed by atoms with Gasteiger partial charge in [-0.25, -0.2) is 4.79 Å². The van der Waals surface area contributed by atoms with Crippen molar-refractivity contribution >= 4 is 16.9 Å². The van der Waals surface area contributed by atoms with E-state index in [9.17, 15) is 13.2 Å². The number of nitrogens with zero attached hydrogens (tertiary/aromatic N) is 1. The fourth-order valence-electron chi connectivity index (χ4n) is 4.78. The molecule has 2 aliphatic heterocycles. The van der Waals surface area contributed by atoms with Gasteiger partial charge < -0.3 is 24.9 Å². The van der Waals surface area contributed by atoms with Crippen LogP contribution in [-0.2, 0) is 16.8 Å². The fraction of sp³-hybridized carbons (Fsp3) is 0.400. The van der Waals surface area contributed by atoms with Crippen molar-refractivity contribution in [3.8, 4) is 11.5 Å². The number of hydrogen-bond acceptors (Lipinski definition) is 5. The van der Waals surface area contributed by atoms with E-state index in [1.807, 2.05) is 30.3 Å². The quantitative estimate of drug-likeness (QED) is 0.502. The SMILES string of the molecule is COc1ccc2c3c([nH]c2c1)C1(CCN(CCOc2ccccc2)C1)NCC3.O=C(O)C(F)(F)F. The Labute approximate surface area is 200 Å². The highest BCUT2D eigenvalue weighted by Crippen LogP contribution is 2.40. The number of carboxylic acids is 1. The third kappa shape index (κ3) is 5.54. The Morgan fingerprint density at radius 3 is 2.60 bits per heavy atom. The van der Waals surface area contributed by atoms with Crippen LogP contribution in [0, 0.1) is 0 Å². The molecule has 3 aromatic rings. The summed E-state index contributed by atoms with van der Waals surface area (Å²) < 4.78 is 43.1. The molecule has 5 rings (SSSR count). The number of rotatable bonds is 5. The number of halogens is 3. The molecule has 10 heteroatoms. The lowest BCUT2D eigenvalue weighted by atomic mass is 9.86. The van der Waals surface area contributed by atoms with Crippen LogP contribution in [0.25, 0.3) is 10.9 Å². The first-order valence-electron chi connectivity index (χ1n) is 11.4. The molecular formula is C25H28F3N3O4. The van der Waals surface area contributed by atoms with Crippen molar-refractivity contribution in [2.75, 3.05) is 39.9 Å². The van der Waals surface area contributed by atoms with Gasteiger partial charge in [-0.3, -0.25) is 4.90 Å². The highest BCUT2D eigenvalue weighted by atomic mass is 19.4. The Bertz CT molecular complexity index is 1170. The zero-order chi connectivity index (χ0) is 25.1. The maximum absolute atomic E-state index is 10.6. The molecule has 0 radical (unpaired) electrons. The first kappa shape index (κ1) is 24.9. The van der Waals surface area contributed by atoms with Gasteiger partial charge >= 0.3 is 12.1 Å². The van der Waals surface area contributed by atoms with Gasteiger partial charge in [0, 0.05) is 48.8 Å². The number of aromatic amines is 1. The van der Waals surface area contributed by atoms with Crippen LogP contribution in [0.4, 0.5) is 13.2 Å². The van der Waals surface area contributed by atoms with E-state index < -0.39 is 12.1 Å². The van der Waals surface area contributed by atoms with E-state index in [-0.39, 0.29) is 5.54 Å². The van der Waals surface area contributed by atoms with Crippen LogP contribution in [0.15, 0.2) is 48.5 Å². The number of alkyl halides is 3. The minimum atomic E-state index is -5.08. The number of fused-ring (bicyclic) bond motifs is 4. The van der Waals surface area contributed by atoms with Gasteiger partial charge in [-0.05, 0) is 42.7 Å². The monoisotopic (exact) mass is 491 g/mol. The average molecular weight is 492 g/mol. The van der Waals surface area contributed by atoms with Gasteiger partial charge in [-0.2, -0.15) is 13.2 Å². The summed E-state index contributed by atoms with van der Waals surface area (Å²) in [5.74, 6) is -0.911. The molecule has 1 spiro atoms. The van der Waals surface area contributed by atoms with E-state index in [0.29, 0.717) is 0 Å². The Morgan fingerprint density at radius 2 is 1.91 bits per heavy atom. The summed E-state index contributed by atoms with van der Waals surface area (Å²) in [5, 5.41) is 12.3.